The molecule has 0 N–H and O–H groups in total. The molecule has 0 aromatic carbocycles. The van der Waals surface area contributed by atoms with Crippen molar-refractivity contribution in [2.45, 2.75) is 12.8 Å². The van der Waals surface area contributed by atoms with E-state index in [0.29, 0.717) is 5.91 Å². The maximum Gasteiger partial charge on any atom is 0.222 e. The zero-order valence-corrected chi connectivity index (χ0v) is 8.23. The van der Waals surface area contributed by atoms with E-state index in [9.17, 15) is 4.79 Å². The number of hydrogen-bond donors (Lipinski definition) is 0. The summed E-state index contributed by atoms with van der Waals surface area (Å²) in [4.78, 5) is 12.3. The van der Waals surface area contributed by atoms with Gasteiger partial charge in [0.25, 0.3) is 0 Å². The van der Waals surface area contributed by atoms with E-state index in [2.05, 4.69) is 0 Å². The molecule has 1 fully saturated rings. The van der Waals surface area contributed by atoms with Crippen LogP contribution in [0, 0.1) is 0 Å². The number of likely N-dealkylation sites (tertiary alicyclic amines) is 1. The van der Waals surface area contributed by atoms with Gasteiger partial charge in [-0.1, -0.05) is 0 Å². The van der Waals surface area contributed by atoms with E-state index in [1.54, 1.807) is 4.90 Å². The molecule has 0 atom stereocenters. The van der Waals surface area contributed by atoms with E-state index in [1.165, 1.54) is 0 Å². The molecule has 0 unspecified atom stereocenters. The Balaban J connectivity index is 0.000000132. The smallest absolute Gasteiger partial charge is 0.222 e. The first-order chi connectivity index (χ1) is 6.20. The van der Waals surface area contributed by atoms with Crippen molar-refractivity contribution in [2.75, 3.05) is 13.6 Å². The van der Waals surface area contributed by atoms with Crippen LogP contribution < -0.4 is 0 Å². The molecular formula is C10H16N2O. The fourth-order valence-corrected chi connectivity index (χ4v) is 1.20. The van der Waals surface area contributed by atoms with E-state index in [4.69, 9.17) is 0 Å². The molecular weight excluding hydrogens is 164 g/mol. The molecule has 3 heteroatoms. The van der Waals surface area contributed by atoms with Gasteiger partial charge in [0, 0.05) is 39.5 Å². The second-order valence-corrected chi connectivity index (χ2v) is 3.27. The molecule has 1 aromatic heterocycles. The van der Waals surface area contributed by atoms with Crippen LogP contribution in [-0.2, 0) is 11.8 Å². The standard InChI is InChI=1S/C5H9NO.C5H7N/c1-6-4-2-3-5(6)7;1-6-4-2-3-5-6/h2-4H2,1H3;2-5H,1H3. The van der Waals surface area contributed by atoms with Gasteiger partial charge in [-0.3, -0.25) is 4.79 Å². The van der Waals surface area contributed by atoms with Gasteiger partial charge in [-0.05, 0) is 18.6 Å². The minimum atomic E-state index is 0.292. The monoisotopic (exact) mass is 180 g/mol. The van der Waals surface area contributed by atoms with Gasteiger partial charge in [0.15, 0.2) is 0 Å². The molecule has 0 bridgehead atoms. The third-order valence-electron chi connectivity index (χ3n) is 2.06. The highest BCUT2D eigenvalue weighted by Crippen LogP contribution is 2.04. The van der Waals surface area contributed by atoms with E-state index in [1.807, 2.05) is 43.2 Å². The number of carbonyl (C=O) groups excluding carboxylic acids is 1. The van der Waals surface area contributed by atoms with E-state index >= 15 is 0 Å². The highest BCUT2D eigenvalue weighted by Gasteiger charge is 2.14. The average molecular weight is 180 g/mol. The van der Waals surface area contributed by atoms with E-state index in [0.717, 1.165) is 19.4 Å². The Morgan fingerprint density at radius 2 is 1.85 bits per heavy atom. The van der Waals surface area contributed by atoms with Crippen LogP contribution in [0.4, 0.5) is 0 Å². The first kappa shape index (κ1) is 9.84. The summed E-state index contributed by atoms with van der Waals surface area (Å²) >= 11 is 0. The van der Waals surface area contributed by atoms with Gasteiger partial charge in [0.05, 0.1) is 0 Å². The number of amides is 1. The van der Waals surface area contributed by atoms with Crippen molar-refractivity contribution in [2.24, 2.45) is 7.05 Å². The minimum absolute atomic E-state index is 0.292. The van der Waals surface area contributed by atoms with Gasteiger partial charge in [-0.2, -0.15) is 0 Å². The number of carbonyl (C=O) groups is 1. The quantitative estimate of drug-likeness (QED) is 0.590. The Kier molecular flexibility index (Phi) is 3.55. The van der Waals surface area contributed by atoms with Crippen LogP contribution in [0.5, 0.6) is 0 Å². The fourth-order valence-electron chi connectivity index (χ4n) is 1.20. The Hall–Kier alpha value is -1.25. The lowest BCUT2D eigenvalue weighted by Gasteiger charge is -2.03. The van der Waals surface area contributed by atoms with Crippen molar-refractivity contribution < 1.29 is 4.79 Å². The van der Waals surface area contributed by atoms with Crippen LogP contribution in [0.25, 0.3) is 0 Å². The lowest BCUT2D eigenvalue weighted by atomic mass is 10.4. The predicted octanol–water partition coefficient (Wildman–Crippen LogP) is 1.26. The summed E-state index contributed by atoms with van der Waals surface area (Å²) in [6.07, 6.45) is 5.81. The molecule has 1 aromatic rings. The van der Waals surface area contributed by atoms with Crippen molar-refractivity contribution in [3.63, 3.8) is 0 Å². The number of rotatable bonds is 0. The highest BCUT2D eigenvalue weighted by atomic mass is 16.2. The van der Waals surface area contributed by atoms with Gasteiger partial charge in [-0.25, -0.2) is 0 Å². The second-order valence-electron chi connectivity index (χ2n) is 3.27. The molecule has 13 heavy (non-hydrogen) atoms. The molecule has 1 aliphatic heterocycles. The summed E-state index contributed by atoms with van der Waals surface area (Å²) in [5.41, 5.74) is 0. The predicted molar refractivity (Wildman–Crippen MR) is 52.3 cm³/mol. The summed E-state index contributed by atoms with van der Waals surface area (Å²) in [6.45, 7) is 0.957. The molecule has 0 saturated carbocycles. The normalized spacial score (nSPS) is 15.5. The van der Waals surface area contributed by atoms with Gasteiger partial charge in [-0.15, -0.1) is 0 Å². The Morgan fingerprint density at radius 1 is 1.23 bits per heavy atom. The molecule has 3 nitrogen and oxygen atoms in total. The third-order valence-corrected chi connectivity index (χ3v) is 2.06. The summed E-state index contributed by atoms with van der Waals surface area (Å²) in [6, 6.07) is 4.00. The van der Waals surface area contributed by atoms with Crippen molar-refractivity contribution in [3.05, 3.63) is 24.5 Å². The van der Waals surface area contributed by atoms with Crippen LogP contribution in [0.1, 0.15) is 12.8 Å². The SMILES string of the molecule is CN1CCCC1=O.Cn1cccc1. The fraction of sp³-hybridized carbons (Fsp3) is 0.500. The molecule has 2 heterocycles. The Morgan fingerprint density at radius 3 is 2.00 bits per heavy atom. The molecule has 2 rings (SSSR count). The highest BCUT2D eigenvalue weighted by molar-refractivity contribution is 5.77. The number of nitrogens with zero attached hydrogens (tertiary/aromatic N) is 2. The summed E-state index contributed by atoms with van der Waals surface area (Å²) in [5, 5.41) is 0. The lowest BCUT2D eigenvalue weighted by molar-refractivity contribution is -0.126. The van der Waals surface area contributed by atoms with Gasteiger partial charge >= 0.3 is 0 Å². The largest absolute Gasteiger partial charge is 0.357 e. The van der Waals surface area contributed by atoms with E-state index in [-0.39, 0.29) is 0 Å². The second kappa shape index (κ2) is 4.70. The van der Waals surface area contributed by atoms with Gasteiger partial charge < -0.3 is 9.47 Å². The zero-order chi connectivity index (χ0) is 9.68. The van der Waals surface area contributed by atoms with Crippen LogP contribution in [0.3, 0.4) is 0 Å². The topological polar surface area (TPSA) is 25.2 Å². The lowest BCUT2D eigenvalue weighted by Crippen LogP contribution is -2.17. The first-order valence-electron chi connectivity index (χ1n) is 4.51. The van der Waals surface area contributed by atoms with Crippen LogP contribution in [0.15, 0.2) is 24.5 Å². The maximum atomic E-state index is 10.5. The number of aromatic nitrogens is 1. The molecule has 72 valence electrons. The minimum Gasteiger partial charge on any atom is -0.357 e. The van der Waals surface area contributed by atoms with Gasteiger partial charge in [0.2, 0.25) is 5.91 Å². The van der Waals surface area contributed by atoms with Gasteiger partial charge in [0.1, 0.15) is 0 Å². The maximum absolute atomic E-state index is 10.5. The van der Waals surface area contributed by atoms with Crippen LogP contribution in [-0.4, -0.2) is 29.0 Å². The Labute approximate surface area is 79.0 Å². The Bertz CT molecular complexity index is 254. The van der Waals surface area contributed by atoms with Crippen molar-refractivity contribution >= 4 is 5.91 Å². The first-order valence-corrected chi connectivity index (χ1v) is 4.51. The molecule has 1 aliphatic rings. The van der Waals surface area contributed by atoms with Crippen molar-refractivity contribution in [3.8, 4) is 0 Å². The molecule has 0 radical (unpaired) electrons. The molecule has 0 aliphatic carbocycles. The van der Waals surface area contributed by atoms with Crippen molar-refractivity contribution in [1.29, 1.82) is 0 Å². The average Bonchev–Trinajstić information content (AvgIpc) is 2.67. The molecule has 1 amide bonds. The number of hydrogen-bond acceptors (Lipinski definition) is 1. The van der Waals surface area contributed by atoms with Crippen LogP contribution >= 0.6 is 0 Å². The molecule has 0 spiro atoms. The zero-order valence-electron chi connectivity index (χ0n) is 8.23. The third kappa shape index (κ3) is 3.32. The molecule has 1 saturated heterocycles. The summed E-state index contributed by atoms with van der Waals surface area (Å²) in [7, 11) is 3.84. The van der Waals surface area contributed by atoms with Crippen LogP contribution in [0.2, 0.25) is 0 Å². The number of aryl methyl sites for hydroxylation is 1. The summed E-state index contributed by atoms with van der Waals surface area (Å²) < 4.78 is 2.00. The van der Waals surface area contributed by atoms with E-state index < -0.39 is 0 Å². The summed E-state index contributed by atoms with van der Waals surface area (Å²) in [5.74, 6) is 0.292. The van der Waals surface area contributed by atoms with Crippen molar-refractivity contribution in [1.82, 2.24) is 9.47 Å².